The molecule has 1 saturated heterocycles. The Hall–Kier alpha value is -2.86. The molecular weight excluding hydrogens is 444 g/mol. The Morgan fingerprint density at radius 1 is 1.12 bits per heavy atom. The van der Waals surface area contributed by atoms with Crippen LogP contribution in [0.15, 0.2) is 30.4 Å². The van der Waals surface area contributed by atoms with Gasteiger partial charge in [0.15, 0.2) is 11.5 Å². The number of anilines is 1. The average Bonchev–Trinajstić information content (AvgIpc) is 3.31. The number of carbonyl (C=O) groups excluding carboxylic acids is 2. The number of urea groups is 1. The van der Waals surface area contributed by atoms with Gasteiger partial charge in [0.2, 0.25) is 12.7 Å². The number of benzene rings is 1. The van der Waals surface area contributed by atoms with Crippen LogP contribution in [0, 0.1) is 0 Å². The molecule has 3 atom stereocenters. The summed E-state index contributed by atoms with van der Waals surface area (Å²) in [6, 6.07) is 4.11. The van der Waals surface area contributed by atoms with E-state index in [1.54, 1.807) is 30.4 Å². The third-order valence-corrected chi connectivity index (χ3v) is 5.85. The van der Waals surface area contributed by atoms with Gasteiger partial charge < -0.3 is 40.0 Å². The lowest BCUT2D eigenvalue weighted by atomic mass is 10.0. The van der Waals surface area contributed by atoms with E-state index in [4.69, 9.17) is 18.9 Å². The number of morpholine rings is 1. The first kappa shape index (κ1) is 24.3. The quantitative estimate of drug-likeness (QED) is 0.299. The number of nitrogens with one attached hydrogen (secondary N) is 3. The Balaban J connectivity index is 1.18. The molecule has 3 aliphatic rings. The first-order valence-electron chi connectivity index (χ1n) is 11.6. The zero-order valence-electron chi connectivity index (χ0n) is 19.0. The molecule has 3 amide bonds. The smallest absolute Gasteiger partial charge is 0.319 e. The Morgan fingerprint density at radius 3 is 2.76 bits per heavy atom. The fraction of sp³-hybridized carbons (Fsp3) is 0.565. The van der Waals surface area contributed by atoms with Gasteiger partial charge in [0, 0.05) is 31.4 Å². The maximum absolute atomic E-state index is 12.4. The van der Waals surface area contributed by atoms with E-state index in [9.17, 15) is 14.7 Å². The number of hydrogen-bond acceptors (Lipinski definition) is 8. The van der Waals surface area contributed by atoms with E-state index in [0.29, 0.717) is 23.7 Å². The summed E-state index contributed by atoms with van der Waals surface area (Å²) in [6.07, 6.45) is 3.39. The van der Waals surface area contributed by atoms with Crippen LogP contribution >= 0.6 is 0 Å². The Kier molecular flexibility index (Phi) is 8.58. The number of fused-ring (bicyclic) bond motifs is 1. The van der Waals surface area contributed by atoms with Crippen LogP contribution in [-0.2, 0) is 14.3 Å². The fourth-order valence-electron chi connectivity index (χ4n) is 4.04. The highest BCUT2D eigenvalue weighted by atomic mass is 16.7. The molecule has 11 nitrogen and oxygen atoms in total. The molecule has 1 fully saturated rings. The molecule has 4 rings (SSSR count). The highest BCUT2D eigenvalue weighted by molar-refractivity contribution is 5.90. The van der Waals surface area contributed by atoms with Crippen molar-refractivity contribution in [2.45, 2.75) is 31.1 Å². The summed E-state index contributed by atoms with van der Waals surface area (Å²) in [7, 11) is 0. The van der Waals surface area contributed by atoms with Crippen molar-refractivity contribution in [3.63, 3.8) is 0 Å². The number of amides is 3. The third kappa shape index (κ3) is 6.83. The lowest BCUT2D eigenvalue weighted by Gasteiger charge is -2.31. The lowest BCUT2D eigenvalue weighted by Crippen LogP contribution is -2.50. The van der Waals surface area contributed by atoms with E-state index in [-0.39, 0.29) is 25.7 Å². The van der Waals surface area contributed by atoms with E-state index >= 15 is 0 Å². The highest BCUT2D eigenvalue weighted by Crippen LogP contribution is 2.34. The second-order valence-corrected chi connectivity index (χ2v) is 8.33. The van der Waals surface area contributed by atoms with E-state index in [0.717, 1.165) is 39.3 Å². The van der Waals surface area contributed by atoms with Gasteiger partial charge in [-0.1, -0.05) is 12.2 Å². The van der Waals surface area contributed by atoms with Crippen molar-refractivity contribution in [2.75, 3.05) is 58.1 Å². The fourth-order valence-corrected chi connectivity index (χ4v) is 4.04. The van der Waals surface area contributed by atoms with Gasteiger partial charge >= 0.3 is 6.03 Å². The highest BCUT2D eigenvalue weighted by Gasteiger charge is 2.29. The third-order valence-electron chi connectivity index (χ3n) is 5.85. The van der Waals surface area contributed by atoms with Crippen LogP contribution in [-0.4, -0.2) is 93.0 Å². The minimum Gasteiger partial charge on any atom is -0.454 e. The van der Waals surface area contributed by atoms with Crippen molar-refractivity contribution in [1.29, 1.82) is 0 Å². The minimum absolute atomic E-state index is 0.111. The van der Waals surface area contributed by atoms with Crippen molar-refractivity contribution in [1.82, 2.24) is 15.5 Å². The topological polar surface area (TPSA) is 131 Å². The van der Waals surface area contributed by atoms with Crippen LogP contribution in [0.3, 0.4) is 0 Å². The second kappa shape index (κ2) is 12.0. The molecule has 4 N–H and O–H groups in total. The molecule has 0 aliphatic carbocycles. The molecular formula is C23H32N4O7. The first-order valence-corrected chi connectivity index (χ1v) is 11.6. The SMILES string of the molecule is O=C(C[C@@H]1C=C[C@@H](NC(=O)Nc2ccc3c(c2)OCO3)[C@H](CO)O1)NCCCN1CCOCC1. The summed E-state index contributed by atoms with van der Waals surface area (Å²) in [5.41, 5.74) is 0.547. The summed E-state index contributed by atoms with van der Waals surface area (Å²) >= 11 is 0. The molecule has 0 spiro atoms. The molecule has 0 saturated carbocycles. The summed E-state index contributed by atoms with van der Waals surface area (Å²) in [5.74, 6) is 1.08. The monoisotopic (exact) mass is 476 g/mol. The molecule has 1 aromatic carbocycles. The van der Waals surface area contributed by atoms with Crippen LogP contribution in [0.1, 0.15) is 12.8 Å². The molecule has 3 heterocycles. The Bertz CT molecular complexity index is 875. The van der Waals surface area contributed by atoms with Gasteiger partial charge in [-0.15, -0.1) is 0 Å². The number of ether oxygens (including phenoxy) is 4. The van der Waals surface area contributed by atoms with Gasteiger partial charge in [0.25, 0.3) is 0 Å². The summed E-state index contributed by atoms with van der Waals surface area (Å²) < 4.78 is 21.7. The van der Waals surface area contributed by atoms with Crippen molar-refractivity contribution in [3.8, 4) is 11.5 Å². The molecule has 0 bridgehead atoms. The maximum Gasteiger partial charge on any atom is 0.319 e. The number of hydrogen-bond donors (Lipinski definition) is 4. The molecule has 0 radical (unpaired) electrons. The molecule has 0 unspecified atom stereocenters. The zero-order chi connectivity index (χ0) is 23.8. The van der Waals surface area contributed by atoms with Crippen molar-refractivity contribution in [2.24, 2.45) is 0 Å². The lowest BCUT2D eigenvalue weighted by molar-refractivity contribution is -0.125. The summed E-state index contributed by atoms with van der Waals surface area (Å²) in [4.78, 5) is 27.0. The van der Waals surface area contributed by atoms with Gasteiger partial charge in [-0.3, -0.25) is 9.69 Å². The van der Waals surface area contributed by atoms with E-state index in [1.165, 1.54) is 0 Å². The van der Waals surface area contributed by atoms with Gasteiger partial charge in [-0.05, 0) is 25.1 Å². The number of aliphatic hydroxyl groups excluding tert-OH is 1. The van der Waals surface area contributed by atoms with E-state index < -0.39 is 24.3 Å². The van der Waals surface area contributed by atoms with Crippen LogP contribution in [0.5, 0.6) is 11.5 Å². The number of carbonyl (C=O) groups is 2. The minimum atomic E-state index is -0.661. The van der Waals surface area contributed by atoms with Gasteiger partial charge in [0.05, 0.1) is 38.4 Å². The molecule has 1 aromatic rings. The zero-order valence-corrected chi connectivity index (χ0v) is 19.0. The molecule has 186 valence electrons. The predicted octanol–water partition coefficient (Wildman–Crippen LogP) is 0.450. The van der Waals surface area contributed by atoms with Crippen LogP contribution < -0.4 is 25.4 Å². The standard InChI is InChI=1S/C23H32N4O7/c28-14-21-18(26-23(30)25-16-2-5-19-20(12-16)33-15-32-19)4-3-17(34-21)13-22(29)24-6-1-7-27-8-10-31-11-9-27/h2-5,12,17-18,21,28H,1,6-11,13-15H2,(H,24,29)(H2,25,26,30)/t17-,18+,21-/m0/s1. The van der Waals surface area contributed by atoms with Gasteiger partial charge in [-0.2, -0.15) is 0 Å². The van der Waals surface area contributed by atoms with Crippen molar-refractivity contribution < 1.29 is 33.6 Å². The molecule has 34 heavy (non-hydrogen) atoms. The predicted molar refractivity (Wildman–Crippen MR) is 123 cm³/mol. The van der Waals surface area contributed by atoms with Gasteiger partial charge in [0.1, 0.15) is 6.10 Å². The van der Waals surface area contributed by atoms with Crippen LogP contribution in [0.25, 0.3) is 0 Å². The number of aliphatic hydroxyl groups is 1. The second-order valence-electron chi connectivity index (χ2n) is 8.33. The first-order chi connectivity index (χ1) is 16.6. The Labute approximate surface area is 198 Å². The number of nitrogens with zero attached hydrogens (tertiary/aromatic N) is 1. The summed E-state index contributed by atoms with van der Waals surface area (Å²) in [6.45, 7) is 4.78. The van der Waals surface area contributed by atoms with Crippen molar-refractivity contribution in [3.05, 3.63) is 30.4 Å². The van der Waals surface area contributed by atoms with Crippen LogP contribution in [0.4, 0.5) is 10.5 Å². The normalized spacial score (nSPS) is 24.0. The van der Waals surface area contributed by atoms with Crippen LogP contribution in [0.2, 0.25) is 0 Å². The van der Waals surface area contributed by atoms with Crippen molar-refractivity contribution >= 4 is 17.6 Å². The molecule has 11 heteroatoms. The summed E-state index contributed by atoms with van der Waals surface area (Å²) in [5, 5.41) is 18.2. The molecule has 3 aliphatic heterocycles. The van der Waals surface area contributed by atoms with E-state index in [2.05, 4.69) is 20.9 Å². The van der Waals surface area contributed by atoms with E-state index in [1.807, 2.05) is 0 Å². The number of rotatable bonds is 9. The molecule has 0 aromatic heterocycles. The Morgan fingerprint density at radius 2 is 1.94 bits per heavy atom. The average molecular weight is 477 g/mol. The largest absolute Gasteiger partial charge is 0.454 e. The maximum atomic E-state index is 12.4. The van der Waals surface area contributed by atoms with Gasteiger partial charge in [-0.25, -0.2) is 4.79 Å².